The molecule has 2 heteroatoms. The van der Waals surface area contributed by atoms with Crippen LogP contribution >= 0.6 is 0 Å². The molecule has 0 aromatic heterocycles. The quantitative estimate of drug-likeness (QED) is 0.270. The van der Waals surface area contributed by atoms with Gasteiger partial charge in [-0.15, -0.1) is 0 Å². The molecule has 0 spiro atoms. The smallest absolute Gasteiger partial charge is 0.189 e. The summed E-state index contributed by atoms with van der Waals surface area (Å²) in [4.78, 5) is 0. The van der Waals surface area contributed by atoms with Crippen molar-refractivity contribution in [2.45, 2.75) is 117 Å². The predicted octanol–water partition coefficient (Wildman–Crippen LogP) is 7.82. The maximum Gasteiger partial charge on any atom is 0.189 e. The van der Waals surface area contributed by atoms with Crippen molar-refractivity contribution in [2.24, 2.45) is 5.92 Å². The zero-order chi connectivity index (χ0) is 18.2. The Balaban J connectivity index is 1.83. The van der Waals surface area contributed by atoms with Crippen LogP contribution in [-0.2, 0) is 4.74 Å². The minimum absolute atomic E-state index is 0.608. The second-order valence-corrected chi connectivity index (χ2v) is 7.73. The van der Waals surface area contributed by atoms with Crippen molar-refractivity contribution < 1.29 is 4.74 Å². The van der Waals surface area contributed by atoms with Gasteiger partial charge in [-0.2, -0.15) is 0 Å². The lowest BCUT2D eigenvalue weighted by molar-refractivity contribution is 0.359. The van der Waals surface area contributed by atoms with E-state index in [0.717, 1.165) is 0 Å². The molecule has 0 aromatic rings. The Morgan fingerprint density at radius 1 is 0.800 bits per heavy atom. The lowest BCUT2D eigenvalue weighted by atomic mass is 9.95. The molecule has 0 amide bonds. The number of nitrogens with one attached hydrogen (secondary N) is 1. The topological polar surface area (TPSA) is 21.3 Å². The summed E-state index contributed by atoms with van der Waals surface area (Å²) in [5, 5.41) is 3.25. The van der Waals surface area contributed by atoms with Crippen molar-refractivity contribution in [3.05, 3.63) is 24.4 Å². The van der Waals surface area contributed by atoms with Crippen LogP contribution < -0.4 is 5.32 Å². The van der Waals surface area contributed by atoms with E-state index in [0.29, 0.717) is 11.8 Å². The second kappa shape index (κ2) is 15.3. The van der Waals surface area contributed by atoms with Crippen molar-refractivity contribution >= 4 is 0 Å². The molecule has 0 aliphatic carbocycles. The van der Waals surface area contributed by atoms with Crippen LogP contribution in [0.5, 0.6) is 0 Å². The molecular weight excluding hydrogens is 306 g/mol. The highest BCUT2D eigenvalue weighted by Crippen LogP contribution is 2.25. The molecular formula is C23H43NO. The van der Waals surface area contributed by atoms with Crippen LogP contribution in [0.2, 0.25) is 0 Å². The molecule has 0 radical (unpaired) electrons. The summed E-state index contributed by atoms with van der Waals surface area (Å²) in [5.41, 5.74) is 1.22. The third kappa shape index (κ3) is 11.3. The molecule has 2 nitrogen and oxygen atoms in total. The van der Waals surface area contributed by atoms with Crippen molar-refractivity contribution in [1.29, 1.82) is 0 Å². The van der Waals surface area contributed by atoms with E-state index in [9.17, 15) is 0 Å². The van der Waals surface area contributed by atoms with Gasteiger partial charge >= 0.3 is 0 Å². The Morgan fingerprint density at radius 2 is 1.28 bits per heavy atom. The number of hydrogen-bond acceptors (Lipinski definition) is 2. The number of ether oxygens (including phenoxy) is 1. The maximum atomic E-state index is 5.30. The zero-order valence-corrected chi connectivity index (χ0v) is 17.1. The van der Waals surface area contributed by atoms with Crippen LogP contribution in [0.25, 0.3) is 0 Å². The lowest BCUT2D eigenvalue weighted by Gasteiger charge is -2.15. The molecule has 0 fully saturated rings. The normalized spacial score (nSPS) is 15.0. The number of unbranched alkanes of at least 4 members (excludes halogenated alkanes) is 13. The van der Waals surface area contributed by atoms with Crippen LogP contribution in [0.3, 0.4) is 0 Å². The summed E-state index contributed by atoms with van der Waals surface area (Å²) in [5.74, 6) is 1.28. The Bertz CT molecular complexity index is 361. The van der Waals surface area contributed by atoms with E-state index in [-0.39, 0.29) is 0 Å². The van der Waals surface area contributed by atoms with E-state index in [1.54, 1.807) is 0 Å². The van der Waals surface area contributed by atoms with Gasteiger partial charge in [0.25, 0.3) is 0 Å². The molecule has 1 aliphatic rings. The molecule has 1 heterocycles. The summed E-state index contributed by atoms with van der Waals surface area (Å²) >= 11 is 0. The average Bonchev–Trinajstić information content (AvgIpc) is 3.04. The van der Waals surface area contributed by atoms with E-state index in [1.807, 2.05) is 6.26 Å². The van der Waals surface area contributed by atoms with E-state index < -0.39 is 0 Å². The monoisotopic (exact) mass is 349 g/mol. The van der Waals surface area contributed by atoms with Gasteiger partial charge < -0.3 is 10.1 Å². The zero-order valence-electron chi connectivity index (χ0n) is 17.1. The number of allylic oxidation sites excluding steroid dienone is 1. The van der Waals surface area contributed by atoms with Gasteiger partial charge in [-0.1, -0.05) is 104 Å². The lowest BCUT2D eigenvalue weighted by Crippen LogP contribution is -2.14. The van der Waals surface area contributed by atoms with Gasteiger partial charge in [0.05, 0.1) is 5.70 Å². The fraction of sp³-hybridized carbons (Fsp3) is 0.826. The van der Waals surface area contributed by atoms with Crippen LogP contribution in [0.15, 0.2) is 24.4 Å². The minimum atomic E-state index is 0.608. The molecule has 146 valence electrons. The highest BCUT2D eigenvalue weighted by atomic mass is 16.5. The third-order valence-electron chi connectivity index (χ3n) is 5.45. The Morgan fingerprint density at radius 3 is 1.68 bits per heavy atom. The molecule has 1 aliphatic heterocycles. The highest BCUT2D eigenvalue weighted by molar-refractivity contribution is 5.12. The van der Waals surface area contributed by atoms with Gasteiger partial charge in [0.15, 0.2) is 5.88 Å². The Kier molecular flexibility index (Phi) is 13.6. The van der Waals surface area contributed by atoms with Gasteiger partial charge in [-0.05, 0) is 19.4 Å². The summed E-state index contributed by atoms with van der Waals surface area (Å²) in [6.07, 6.45) is 24.2. The van der Waals surface area contributed by atoms with E-state index in [2.05, 4.69) is 25.7 Å². The molecule has 1 rings (SSSR count). The van der Waals surface area contributed by atoms with Gasteiger partial charge in [-0.25, -0.2) is 0 Å². The summed E-state index contributed by atoms with van der Waals surface area (Å²) in [7, 11) is 0. The standard InChI is InChI=1S/C23H43NO/c1-4-6-7-8-9-10-11-12-13-14-15-16-17-18-19-22(5-2)23-20-25-21(3)24-23/h20,22,24H,3-19H2,1-2H3. The number of rotatable bonds is 17. The Hall–Kier alpha value is -0.920. The first-order valence-electron chi connectivity index (χ1n) is 11.1. The first kappa shape index (κ1) is 22.1. The SMILES string of the molecule is C=C1NC(C(CC)CCCCCCCCCCCCCCCC)=CO1. The van der Waals surface area contributed by atoms with Gasteiger partial charge in [-0.3, -0.25) is 0 Å². The van der Waals surface area contributed by atoms with Crippen LogP contribution in [0, 0.1) is 5.92 Å². The maximum absolute atomic E-state index is 5.30. The van der Waals surface area contributed by atoms with Crippen LogP contribution in [0.4, 0.5) is 0 Å². The van der Waals surface area contributed by atoms with E-state index in [4.69, 9.17) is 4.74 Å². The van der Waals surface area contributed by atoms with Crippen molar-refractivity contribution in [2.75, 3.05) is 0 Å². The van der Waals surface area contributed by atoms with Crippen LogP contribution in [-0.4, -0.2) is 0 Å². The molecule has 0 saturated carbocycles. The summed E-state index contributed by atoms with van der Waals surface area (Å²) in [6, 6.07) is 0. The van der Waals surface area contributed by atoms with Crippen molar-refractivity contribution in [3.63, 3.8) is 0 Å². The van der Waals surface area contributed by atoms with Crippen molar-refractivity contribution in [3.8, 4) is 0 Å². The highest BCUT2D eigenvalue weighted by Gasteiger charge is 2.17. The van der Waals surface area contributed by atoms with Gasteiger partial charge in [0.2, 0.25) is 0 Å². The average molecular weight is 350 g/mol. The molecule has 0 saturated heterocycles. The predicted molar refractivity (Wildman–Crippen MR) is 110 cm³/mol. The molecule has 25 heavy (non-hydrogen) atoms. The van der Waals surface area contributed by atoms with Gasteiger partial charge in [0.1, 0.15) is 6.26 Å². The van der Waals surface area contributed by atoms with E-state index >= 15 is 0 Å². The summed E-state index contributed by atoms with van der Waals surface area (Å²) in [6.45, 7) is 8.36. The first-order valence-corrected chi connectivity index (χ1v) is 11.1. The third-order valence-corrected chi connectivity index (χ3v) is 5.45. The fourth-order valence-electron chi connectivity index (χ4n) is 3.72. The number of hydrogen-bond donors (Lipinski definition) is 1. The van der Waals surface area contributed by atoms with E-state index in [1.165, 1.54) is 108 Å². The second-order valence-electron chi connectivity index (χ2n) is 7.73. The Labute approximate surface area is 157 Å². The molecule has 0 aromatic carbocycles. The largest absolute Gasteiger partial charge is 0.448 e. The molecule has 1 atom stereocenters. The molecule has 1 N–H and O–H groups in total. The first-order chi connectivity index (χ1) is 12.3. The molecule has 1 unspecified atom stereocenters. The van der Waals surface area contributed by atoms with Gasteiger partial charge in [0, 0.05) is 5.92 Å². The minimum Gasteiger partial charge on any atom is -0.448 e. The summed E-state index contributed by atoms with van der Waals surface area (Å²) < 4.78 is 5.30. The van der Waals surface area contributed by atoms with Crippen molar-refractivity contribution in [1.82, 2.24) is 5.32 Å². The molecule has 0 bridgehead atoms. The van der Waals surface area contributed by atoms with Crippen LogP contribution in [0.1, 0.15) is 117 Å². The fourth-order valence-corrected chi connectivity index (χ4v) is 3.72.